The Morgan fingerprint density at radius 1 is 1.00 bits per heavy atom. The zero-order valence-electron chi connectivity index (χ0n) is 10.9. The molecule has 0 N–H and O–H groups in total. The van der Waals surface area contributed by atoms with Crippen LogP contribution in [0.3, 0.4) is 0 Å². The van der Waals surface area contributed by atoms with E-state index in [1.54, 1.807) is 23.0 Å². The molecule has 0 radical (unpaired) electrons. The van der Waals surface area contributed by atoms with Gasteiger partial charge in [-0.25, -0.2) is 0 Å². The maximum absolute atomic E-state index is 5.90. The summed E-state index contributed by atoms with van der Waals surface area (Å²) in [6, 6.07) is 17.1. The second-order valence-corrected chi connectivity index (χ2v) is 5.13. The van der Waals surface area contributed by atoms with E-state index in [-0.39, 0.29) is 0 Å². The largest absolute Gasteiger partial charge is 0.209 e. The molecular formula is C15H11ClN4S. The topological polar surface area (TPSA) is 43.1 Å². The molecule has 0 unspecified atom stereocenters. The summed E-state index contributed by atoms with van der Waals surface area (Å²) in [7, 11) is 0. The van der Waals surface area contributed by atoms with Gasteiger partial charge >= 0.3 is 0 Å². The van der Waals surface area contributed by atoms with Gasteiger partial charge < -0.3 is 0 Å². The number of halogens is 1. The standard InChI is InChI=1S/C15H11ClN4S/c16-13-8-6-12(7-9-13)14-18-19-15(21)20(14)17-10-11-4-2-1-3-5-11/h1-10H,(H,19,21). The first-order chi connectivity index (χ1) is 10.2. The van der Waals surface area contributed by atoms with Crippen molar-refractivity contribution in [3.05, 3.63) is 65.2 Å². The van der Waals surface area contributed by atoms with E-state index in [0.717, 1.165) is 11.1 Å². The van der Waals surface area contributed by atoms with Gasteiger partial charge in [0, 0.05) is 10.6 Å². The number of nitrogens with zero attached hydrogens (tertiary/aromatic N) is 4. The van der Waals surface area contributed by atoms with Crippen LogP contribution in [0.2, 0.25) is 5.02 Å². The van der Waals surface area contributed by atoms with Crippen molar-refractivity contribution in [2.45, 2.75) is 5.16 Å². The Kier molecular flexibility index (Phi) is 4.03. The van der Waals surface area contributed by atoms with Gasteiger partial charge in [0.2, 0.25) is 5.16 Å². The first-order valence-electron chi connectivity index (χ1n) is 6.24. The van der Waals surface area contributed by atoms with Gasteiger partial charge in [0.05, 0.1) is 6.21 Å². The summed E-state index contributed by atoms with van der Waals surface area (Å²) >= 11 is 10.2. The predicted octanol–water partition coefficient (Wildman–Crippen LogP) is 3.77. The summed E-state index contributed by atoms with van der Waals surface area (Å²) in [5, 5.41) is 13.6. The summed E-state index contributed by atoms with van der Waals surface area (Å²) in [6.45, 7) is 0. The number of benzene rings is 2. The van der Waals surface area contributed by atoms with Crippen LogP contribution in [0, 0.1) is 0 Å². The van der Waals surface area contributed by atoms with Crippen molar-refractivity contribution in [3.63, 3.8) is 0 Å². The quantitative estimate of drug-likeness (QED) is 0.590. The highest BCUT2D eigenvalue weighted by Gasteiger charge is 2.10. The number of aromatic nitrogens is 3. The van der Waals surface area contributed by atoms with E-state index in [2.05, 4.69) is 27.9 Å². The monoisotopic (exact) mass is 314 g/mol. The van der Waals surface area contributed by atoms with Crippen molar-refractivity contribution in [2.24, 2.45) is 5.10 Å². The van der Waals surface area contributed by atoms with Gasteiger partial charge in [-0.05, 0) is 29.8 Å². The highest BCUT2D eigenvalue weighted by Crippen LogP contribution is 2.21. The van der Waals surface area contributed by atoms with Crippen molar-refractivity contribution in [1.29, 1.82) is 0 Å². The lowest BCUT2D eigenvalue weighted by Gasteiger charge is -2.02. The molecule has 0 spiro atoms. The van der Waals surface area contributed by atoms with Gasteiger partial charge in [0.1, 0.15) is 0 Å². The molecule has 0 atom stereocenters. The Hall–Kier alpha value is -2.11. The van der Waals surface area contributed by atoms with E-state index in [4.69, 9.17) is 11.6 Å². The second-order valence-electron chi connectivity index (χ2n) is 4.30. The molecule has 0 fully saturated rings. The van der Waals surface area contributed by atoms with Gasteiger partial charge in [-0.2, -0.15) is 9.78 Å². The smallest absolute Gasteiger partial charge is 0.187 e. The number of thiol groups is 1. The average molecular weight is 315 g/mol. The number of rotatable bonds is 3. The van der Waals surface area contributed by atoms with E-state index < -0.39 is 0 Å². The van der Waals surface area contributed by atoms with Crippen molar-refractivity contribution >= 4 is 30.4 Å². The molecule has 0 bridgehead atoms. The first kappa shape index (κ1) is 13.9. The van der Waals surface area contributed by atoms with Crippen LogP contribution < -0.4 is 0 Å². The third-order valence-electron chi connectivity index (χ3n) is 2.85. The van der Waals surface area contributed by atoms with Crippen LogP contribution in [0.4, 0.5) is 0 Å². The molecule has 1 heterocycles. The molecule has 0 saturated heterocycles. The van der Waals surface area contributed by atoms with Gasteiger partial charge in [-0.1, -0.05) is 41.9 Å². The third kappa shape index (κ3) is 3.15. The Bertz CT molecular complexity index is 766. The van der Waals surface area contributed by atoms with Crippen molar-refractivity contribution in [1.82, 2.24) is 14.9 Å². The molecule has 21 heavy (non-hydrogen) atoms. The molecule has 0 aliphatic rings. The van der Waals surface area contributed by atoms with Crippen LogP contribution >= 0.6 is 24.2 Å². The second kappa shape index (κ2) is 6.11. The molecule has 0 aliphatic carbocycles. The third-order valence-corrected chi connectivity index (χ3v) is 3.38. The Morgan fingerprint density at radius 3 is 2.43 bits per heavy atom. The molecule has 104 valence electrons. The first-order valence-corrected chi connectivity index (χ1v) is 7.06. The lowest BCUT2D eigenvalue weighted by molar-refractivity contribution is 0.776. The highest BCUT2D eigenvalue weighted by molar-refractivity contribution is 7.80. The van der Waals surface area contributed by atoms with Gasteiger partial charge in [-0.3, -0.25) is 0 Å². The van der Waals surface area contributed by atoms with Crippen molar-refractivity contribution < 1.29 is 0 Å². The summed E-state index contributed by atoms with van der Waals surface area (Å²) in [6.07, 6.45) is 1.74. The minimum atomic E-state index is 0.423. The van der Waals surface area contributed by atoms with Crippen LogP contribution in [0.5, 0.6) is 0 Å². The van der Waals surface area contributed by atoms with E-state index in [1.807, 2.05) is 42.5 Å². The molecule has 3 aromatic rings. The molecule has 2 aromatic carbocycles. The van der Waals surface area contributed by atoms with Gasteiger partial charge in [0.25, 0.3) is 0 Å². The van der Waals surface area contributed by atoms with Crippen LogP contribution in [0.1, 0.15) is 5.56 Å². The maximum Gasteiger partial charge on any atom is 0.209 e. The summed E-state index contributed by atoms with van der Waals surface area (Å²) in [4.78, 5) is 0. The fourth-order valence-electron chi connectivity index (χ4n) is 1.82. The molecule has 0 aliphatic heterocycles. The summed E-state index contributed by atoms with van der Waals surface area (Å²) < 4.78 is 1.58. The maximum atomic E-state index is 5.90. The normalized spacial score (nSPS) is 11.1. The zero-order valence-corrected chi connectivity index (χ0v) is 12.5. The zero-order chi connectivity index (χ0) is 14.7. The minimum absolute atomic E-state index is 0.423. The molecule has 0 amide bonds. The van der Waals surface area contributed by atoms with E-state index in [0.29, 0.717) is 16.0 Å². The molecule has 4 nitrogen and oxygen atoms in total. The van der Waals surface area contributed by atoms with Crippen LogP contribution in [0.15, 0.2) is 64.9 Å². The number of hydrogen-bond acceptors (Lipinski definition) is 4. The van der Waals surface area contributed by atoms with Gasteiger partial charge in [0.15, 0.2) is 5.82 Å². The lowest BCUT2D eigenvalue weighted by atomic mass is 10.2. The Morgan fingerprint density at radius 2 is 1.71 bits per heavy atom. The van der Waals surface area contributed by atoms with E-state index in [1.165, 1.54) is 0 Å². The molecular weight excluding hydrogens is 304 g/mol. The highest BCUT2D eigenvalue weighted by atomic mass is 35.5. The minimum Gasteiger partial charge on any atom is -0.187 e. The van der Waals surface area contributed by atoms with Crippen LogP contribution in [-0.2, 0) is 0 Å². The van der Waals surface area contributed by atoms with Crippen LogP contribution in [-0.4, -0.2) is 21.1 Å². The predicted molar refractivity (Wildman–Crippen MR) is 87.2 cm³/mol. The molecule has 0 saturated carbocycles. The average Bonchev–Trinajstić information content (AvgIpc) is 2.88. The molecule has 3 rings (SSSR count). The molecule has 1 aromatic heterocycles. The van der Waals surface area contributed by atoms with Crippen molar-refractivity contribution in [3.8, 4) is 11.4 Å². The summed E-state index contributed by atoms with van der Waals surface area (Å²) in [5.41, 5.74) is 1.86. The Balaban J connectivity index is 1.98. The van der Waals surface area contributed by atoms with E-state index >= 15 is 0 Å². The fourth-order valence-corrected chi connectivity index (χ4v) is 2.14. The SMILES string of the molecule is Sc1nnc(-c2ccc(Cl)cc2)n1N=Cc1ccccc1. The lowest BCUT2D eigenvalue weighted by Crippen LogP contribution is -1.95. The number of hydrogen-bond donors (Lipinski definition) is 1. The van der Waals surface area contributed by atoms with E-state index in [9.17, 15) is 0 Å². The fraction of sp³-hybridized carbons (Fsp3) is 0. The summed E-state index contributed by atoms with van der Waals surface area (Å²) in [5.74, 6) is 0.615. The van der Waals surface area contributed by atoms with Gasteiger partial charge in [-0.15, -0.1) is 22.8 Å². The van der Waals surface area contributed by atoms with Crippen molar-refractivity contribution in [2.75, 3.05) is 0 Å². The molecule has 6 heteroatoms. The van der Waals surface area contributed by atoms with Crippen LogP contribution in [0.25, 0.3) is 11.4 Å². The Labute approximate surface area is 132 Å².